The van der Waals surface area contributed by atoms with Crippen molar-refractivity contribution in [2.24, 2.45) is 0 Å². The van der Waals surface area contributed by atoms with Gasteiger partial charge in [-0.05, 0) is 60.2 Å². The molecule has 1 amide bonds. The van der Waals surface area contributed by atoms with Crippen LogP contribution in [0.4, 0.5) is 0 Å². The summed E-state index contributed by atoms with van der Waals surface area (Å²) < 4.78 is 0. The molecule has 0 radical (unpaired) electrons. The molecule has 1 heterocycles. The number of benzene rings is 2. The topological polar surface area (TPSA) is 95.0 Å². The summed E-state index contributed by atoms with van der Waals surface area (Å²) in [6.07, 6.45) is 6.86. The van der Waals surface area contributed by atoms with Gasteiger partial charge in [0.2, 0.25) is 0 Å². The van der Waals surface area contributed by atoms with Gasteiger partial charge in [-0.2, -0.15) is 11.8 Å². The molecule has 1 aromatic heterocycles. The quantitative estimate of drug-likeness (QED) is 0.383. The second kappa shape index (κ2) is 12.9. The van der Waals surface area contributed by atoms with Gasteiger partial charge in [0.15, 0.2) is 0 Å². The van der Waals surface area contributed by atoms with Crippen molar-refractivity contribution in [3.63, 3.8) is 0 Å². The smallest absolute Gasteiger partial charge is 0.548 e. The van der Waals surface area contributed by atoms with Crippen LogP contribution in [0.25, 0.3) is 11.1 Å². The van der Waals surface area contributed by atoms with Crippen molar-refractivity contribution < 1.29 is 33.6 Å². The van der Waals surface area contributed by atoms with E-state index in [1.165, 1.54) is 18.1 Å². The van der Waals surface area contributed by atoms with E-state index in [0.717, 1.165) is 11.1 Å². The van der Waals surface area contributed by atoms with Crippen LogP contribution in [0.5, 0.6) is 0 Å². The zero-order valence-corrected chi connectivity index (χ0v) is 19.6. The minimum Gasteiger partial charge on any atom is -0.548 e. The Bertz CT molecular complexity index is 1180. The molecule has 0 fully saturated rings. The molecule has 1 atom stereocenters. The number of carboxylic acid groups (broad SMARTS) is 1. The summed E-state index contributed by atoms with van der Waals surface area (Å²) >= 11 is 1.51. The van der Waals surface area contributed by atoms with Crippen LogP contribution in [-0.4, -0.2) is 39.9 Å². The van der Waals surface area contributed by atoms with Gasteiger partial charge in [0.25, 0.3) is 5.91 Å². The summed E-state index contributed by atoms with van der Waals surface area (Å²) in [6.45, 7) is 1.96. The summed E-state index contributed by atoms with van der Waals surface area (Å²) in [5.74, 6) is 4.93. The molecule has 0 unspecified atom stereocenters. The number of hydrogen-bond donors (Lipinski definition) is 1. The molecule has 3 aromatic rings. The molecule has 0 aliphatic rings. The fourth-order valence-corrected chi connectivity index (χ4v) is 3.62. The number of rotatable bonds is 7. The fourth-order valence-electron chi connectivity index (χ4n) is 3.15. The number of carbonyl (C=O) groups excluding carboxylic acids is 2. The van der Waals surface area contributed by atoms with Crippen LogP contribution in [0.1, 0.15) is 33.5 Å². The summed E-state index contributed by atoms with van der Waals surface area (Å²) in [5.41, 5.74) is 4.31. The van der Waals surface area contributed by atoms with Crippen LogP contribution in [-0.2, 0) is 4.79 Å². The van der Waals surface area contributed by atoms with Crippen molar-refractivity contribution in [2.75, 3.05) is 12.0 Å². The predicted octanol–water partition coefficient (Wildman–Crippen LogP) is -0.543. The van der Waals surface area contributed by atoms with Crippen molar-refractivity contribution in [2.45, 2.75) is 19.4 Å². The average molecular weight is 451 g/mol. The maximum absolute atomic E-state index is 13.1. The molecular formula is C25H22LiN3O3S. The number of nitrogens with one attached hydrogen (secondary N) is 1. The normalized spacial score (nSPS) is 10.8. The van der Waals surface area contributed by atoms with E-state index in [1.54, 1.807) is 24.5 Å². The van der Waals surface area contributed by atoms with Crippen LogP contribution in [0.15, 0.2) is 61.2 Å². The van der Waals surface area contributed by atoms with Gasteiger partial charge in [-0.25, -0.2) is 9.97 Å². The third kappa shape index (κ3) is 7.23. The van der Waals surface area contributed by atoms with Gasteiger partial charge in [0.1, 0.15) is 6.33 Å². The van der Waals surface area contributed by atoms with Crippen LogP contribution in [0.2, 0.25) is 0 Å². The van der Waals surface area contributed by atoms with E-state index < -0.39 is 17.9 Å². The molecule has 2 aromatic carbocycles. The van der Waals surface area contributed by atoms with Crippen molar-refractivity contribution in [1.82, 2.24) is 15.3 Å². The van der Waals surface area contributed by atoms with Gasteiger partial charge >= 0.3 is 18.9 Å². The first-order valence-corrected chi connectivity index (χ1v) is 11.4. The molecule has 162 valence electrons. The van der Waals surface area contributed by atoms with Gasteiger partial charge in [-0.3, -0.25) is 4.79 Å². The van der Waals surface area contributed by atoms with Gasteiger partial charge < -0.3 is 15.2 Å². The Kier molecular flexibility index (Phi) is 10.2. The first-order valence-electron chi connectivity index (χ1n) is 9.97. The minimum atomic E-state index is -1.29. The van der Waals surface area contributed by atoms with Crippen molar-refractivity contribution in [1.29, 1.82) is 0 Å². The Labute approximate surface area is 209 Å². The number of thioether (sulfide) groups is 1. The SMILES string of the molecule is CSCC[C@H](NC(=O)c1ccc(C#Cc2cncnc2)cc1-c1ccccc1C)C(=O)[O-].[Li+]. The van der Waals surface area contributed by atoms with E-state index in [0.29, 0.717) is 28.0 Å². The second-order valence-electron chi connectivity index (χ2n) is 7.08. The molecule has 3 rings (SSSR count). The van der Waals surface area contributed by atoms with Gasteiger partial charge in [0, 0.05) is 23.5 Å². The Hall–Kier alpha value is -3.03. The number of carboxylic acids is 1. The molecule has 8 heteroatoms. The molecule has 0 bridgehead atoms. The maximum Gasteiger partial charge on any atom is 1.00 e. The molecule has 6 nitrogen and oxygen atoms in total. The molecule has 0 spiro atoms. The van der Waals surface area contributed by atoms with Crippen molar-refractivity contribution in [3.05, 3.63) is 83.4 Å². The number of carbonyl (C=O) groups is 2. The molecule has 0 saturated heterocycles. The molecule has 1 N–H and O–H groups in total. The second-order valence-corrected chi connectivity index (χ2v) is 8.06. The first kappa shape index (κ1) is 26.2. The number of nitrogens with zero attached hydrogens (tertiary/aromatic N) is 2. The average Bonchev–Trinajstić information content (AvgIpc) is 2.81. The Morgan fingerprint density at radius 3 is 2.42 bits per heavy atom. The Morgan fingerprint density at radius 2 is 1.76 bits per heavy atom. The van der Waals surface area contributed by atoms with E-state index in [2.05, 4.69) is 27.1 Å². The molecule has 0 aliphatic carbocycles. The monoisotopic (exact) mass is 451 g/mol. The maximum atomic E-state index is 13.1. The van der Waals surface area contributed by atoms with E-state index in [4.69, 9.17) is 0 Å². The first-order chi connectivity index (χ1) is 15.5. The van der Waals surface area contributed by atoms with Crippen LogP contribution in [0.3, 0.4) is 0 Å². The predicted molar refractivity (Wildman–Crippen MR) is 124 cm³/mol. The van der Waals surface area contributed by atoms with Crippen LogP contribution in [0, 0.1) is 18.8 Å². The zero-order valence-electron chi connectivity index (χ0n) is 18.8. The van der Waals surface area contributed by atoms with E-state index in [1.807, 2.05) is 43.5 Å². The fraction of sp³-hybridized carbons (Fsp3) is 0.200. The Morgan fingerprint density at radius 1 is 1.06 bits per heavy atom. The largest absolute Gasteiger partial charge is 1.00 e. The summed E-state index contributed by atoms with van der Waals surface area (Å²) in [4.78, 5) is 32.5. The van der Waals surface area contributed by atoms with Gasteiger partial charge in [-0.15, -0.1) is 0 Å². The van der Waals surface area contributed by atoms with Crippen molar-refractivity contribution in [3.8, 4) is 23.0 Å². The molecule has 33 heavy (non-hydrogen) atoms. The van der Waals surface area contributed by atoms with E-state index in [-0.39, 0.29) is 25.3 Å². The van der Waals surface area contributed by atoms with Gasteiger partial charge in [-0.1, -0.05) is 36.1 Å². The van der Waals surface area contributed by atoms with Crippen molar-refractivity contribution >= 4 is 23.6 Å². The summed E-state index contributed by atoms with van der Waals surface area (Å²) in [5, 5.41) is 14.1. The minimum absolute atomic E-state index is 0. The third-order valence-electron chi connectivity index (χ3n) is 4.81. The number of aryl methyl sites for hydroxylation is 1. The van der Waals surface area contributed by atoms with Gasteiger partial charge in [0.05, 0.1) is 17.6 Å². The number of aliphatic carboxylic acids is 1. The Balaban J connectivity index is 0.00000385. The summed E-state index contributed by atoms with van der Waals surface area (Å²) in [6, 6.07) is 11.9. The van der Waals surface area contributed by atoms with Crippen LogP contribution < -0.4 is 29.3 Å². The third-order valence-corrected chi connectivity index (χ3v) is 5.46. The standard InChI is InChI=1S/C25H23N3O3S.Li/c1-17-5-3-4-6-20(17)22-13-18(7-8-19-14-26-16-27-15-19)9-10-21(22)24(29)28-23(25(30)31)11-12-32-2;/h3-6,9-10,13-16,23H,11-12H2,1-2H3,(H,28,29)(H,30,31);/q;+1/p-1/t23-;/m0./s1. The number of amides is 1. The molecular weight excluding hydrogens is 429 g/mol. The van der Waals surface area contributed by atoms with Crippen LogP contribution >= 0.6 is 11.8 Å². The zero-order chi connectivity index (χ0) is 22.9. The van der Waals surface area contributed by atoms with E-state index in [9.17, 15) is 14.7 Å². The molecule has 0 aliphatic heterocycles. The number of aromatic nitrogens is 2. The summed E-state index contributed by atoms with van der Waals surface area (Å²) in [7, 11) is 0. The number of hydrogen-bond acceptors (Lipinski definition) is 6. The molecule has 0 saturated carbocycles. The van der Waals surface area contributed by atoms with E-state index >= 15 is 0 Å².